The zero-order chi connectivity index (χ0) is 14.7. The number of esters is 1. The molecule has 0 bridgehead atoms. The van der Waals surface area contributed by atoms with Crippen LogP contribution in [0.15, 0.2) is 0 Å². The Morgan fingerprint density at radius 2 is 1.79 bits per heavy atom. The van der Waals surface area contributed by atoms with Crippen molar-refractivity contribution in [3.05, 3.63) is 0 Å². The van der Waals surface area contributed by atoms with E-state index in [9.17, 15) is 13.2 Å². The van der Waals surface area contributed by atoms with E-state index in [2.05, 4.69) is 9.46 Å². The van der Waals surface area contributed by atoms with Gasteiger partial charge in [-0.3, -0.25) is 4.79 Å². The van der Waals surface area contributed by atoms with Crippen molar-refractivity contribution >= 4 is 16.2 Å². The van der Waals surface area contributed by atoms with Gasteiger partial charge >= 0.3 is 5.97 Å². The zero-order valence-electron chi connectivity index (χ0n) is 12.1. The highest BCUT2D eigenvalue weighted by Crippen LogP contribution is 2.23. The van der Waals surface area contributed by atoms with Crippen LogP contribution in [0.1, 0.15) is 46.0 Å². The number of carbonyl (C=O) groups is 1. The van der Waals surface area contributed by atoms with E-state index in [0.717, 1.165) is 32.1 Å². The van der Waals surface area contributed by atoms with Crippen molar-refractivity contribution in [3.63, 3.8) is 0 Å². The molecule has 1 saturated carbocycles. The summed E-state index contributed by atoms with van der Waals surface area (Å²) in [6.07, 6.45) is 4.99. The van der Waals surface area contributed by atoms with Crippen molar-refractivity contribution in [2.75, 3.05) is 14.2 Å². The minimum atomic E-state index is -3.69. The fourth-order valence-corrected chi connectivity index (χ4v) is 3.81. The monoisotopic (exact) mass is 292 g/mol. The van der Waals surface area contributed by atoms with E-state index >= 15 is 0 Å². The molecule has 0 aromatic heterocycles. The molecule has 7 heteroatoms. The molecule has 0 saturated heterocycles. The number of hydrogen-bond acceptors (Lipinski definition) is 4. The van der Waals surface area contributed by atoms with E-state index in [1.807, 2.05) is 0 Å². The van der Waals surface area contributed by atoms with Gasteiger partial charge < -0.3 is 4.74 Å². The third-order valence-corrected chi connectivity index (χ3v) is 5.37. The second-order valence-electron chi connectivity index (χ2n) is 5.53. The molecule has 0 amide bonds. The molecule has 112 valence electrons. The number of ether oxygens (including phenoxy) is 1. The highest BCUT2D eigenvalue weighted by molar-refractivity contribution is 7.87. The summed E-state index contributed by atoms with van der Waals surface area (Å²) in [5.74, 6) is -0.604. The first kappa shape index (κ1) is 16.4. The van der Waals surface area contributed by atoms with E-state index in [4.69, 9.17) is 0 Å². The average molecular weight is 292 g/mol. The quantitative estimate of drug-likeness (QED) is 0.768. The van der Waals surface area contributed by atoms with Gasteiger partial charge in [-0.1, -0.05) is 19.3 Å². The van der Waals surface area contributed by atoms with Crippen LogP contribution in [0.5, 0.6) is 0 Å². The molecule has 0 atom stereocenters. The Kier molecular flexibility index (Phi) is 5.34. The van der Waals surface area contributed by atoms with E-state index in [1.54, 1.807) is 7.05 Å². The van der Waals surface area contributed by atoms with Gasteiger partial charge in [0.15, 0.2) is 0 Å². The van der Waals surface area contributed by atoms with Gasteiger partial charge in [0.05, 0.1) is 7.11 Å². The smallest absolute Gasteiger partial charge is 0.326 e. The largest absolute Gasteiger partial charge is 0.468 e. The number of carbonyl (C=O) groups excluding carboxylic acids is 1. The summed E-state index contributed by atoms with van der Waals surface area (Å²) in [5, 5.41) is 0. The number of nitrogens with one attached hydrogen (secondary N) is 1. The molecule has 1 fully saturated rings. The van der Waals surface area contributed by atoms with Crippen molar-refractivity contribution < 1.29 is 17.9 Å². The van der Waals surface area contributed by atoms with Gasteiger partial charge in [0.25, 0.3) is 10.2 Å². The predicted molar refractivity (Wildman–Crippen MR) is 72.8 cm³/mol. The summed E-state index contributed by atoms with van der Waals surface area (Å²) in [4.78, 5) is 11.5. The average Bonchev–Trinajstić information content (AvgIpc) is 2.36. The fraction of sp³-hybridized carbons (Fsp3) is 0.917. The second kappa shape index (κ2) is 6.19. The van der Waals surface area contributed by atoms with E-state index < -0.39 is 21.7 Å². The summed E-state index contributed by atoms with van der Waals surface area (Å²) >= 11 is 0. The molecule has 1 aliphatic carbocycles. The van der Waals surface area contributed by atoms with Gasteiger partial charge in [0.1, 0.15) is 5.54 Å². The van der Waals surface area contributed by atoms with E-state index in [-0.39, 0.29) is 6.04 Å². The van der Waals surface area contributed by atoms with E-state index in [1.165, 1.54) is 25.3 Å². The van der Waals surface area contributed by atoms with Gasteiger partial charge in [0, 0.05) is 13.1 Å². The Morgan fingerprint density at radius 1 is 1.26 bits per heavy atom. The maximum atomic E-state index is 12.3. The van der Waals surface area contributed by atoms with Gasteiger partial charge in [-0.25, -0.2) is 0 Å². The van der Waals surface area contributed by atoms with Crippen LogP contribution in [0, 0.1) is 0 Å². The van der Waals surface area contributed by atoms with Crippen molar-refractivity contribution in [1.82, 2.24) is 9.03 Å². The first-order valence-corrected chi connectivity index (χ1v) is 8.00. The molecular formula is C12H24N2O4S. The highest BCUT2D eigenvalue weighted by atomic mass is 32.2. The Labute approximate surface area is 115 Å². The lowest BCUT2D eigenvalue weighted by Gasteiger charge is -2.33. The third-order valence-electron chi connectivity index (χ3n) is 3.55. The van der Waals surface area contributed by atoms with Crippen molar-refractivity contribution in [2.45, 2.75) is 57.5 Å². The number of nitrogens with zero attached hydrogens (tertiary/aromatic N) is 1. The molecule has 1 rings (SSSR count). The maximum Gasteiger partial charge on any atom is 0.326 e. The molecule has 0 unspecified atom stereocenters. The lowest BCUT2D eigenvalue weighted by Crippen LogP contribution is -2.56. The molecule has 1 aliphatic rings. The van der Waals surface area contributed by atoms with Crippen LogP contribution in [0.3, 0.4) is 0 Å². The first-order valence-electron chi connectivity index (χ1n) is 6.56. The standard InChI is InChI=1S/C12H24N2O4S/c1-12(2,11(15)18-4)13-19(16,17)14(3)10-8-6-5-7-9-10/h10,13H,5-9H2,1-4H3. The number of methoxy groups -OCH3 is 1. The lowest BCUT2D eigenvalue weighted by atomic mass is 9.96. The Morgan fingerprint density at radius 3 is 2.26 bits per heavy atom. The normalized spacial score (nSPS) is 18.6. The molecule has 19 heavy (non-hydrogen) atoms. The fourth-order valence-electron chi connectivity index (χ4n) is 2.33. The van der Waals surface area contributed by atoms with Crippen LogP contribution in [0.4, 0.5) is 0 Å². The first-order chi connectivity index (χ1) is 8.70. The summed E-state index contributed by atoms with van der Waals surface area (Å²) in [6, 6.07) is 0.0136. The maximum absolute atomic E-state index is 12.3. The summed E-state index contributed by atoms with van der Waals surface area (Å²) in [6.45, 7) is 2.98. The minimum absolute atomic E-state index is 0.0136. The molecule has 0 aliphatic heterocycles. The Hall–Kier alpha value is -0.660. The Bertz CT molecular complexity index is 413. The minimum Gasteiger partial charge on any atom is -0.468 e. The van der Waals surface area contributed by atoms with Crippen molar-refractivity contribution in [3.8, 4) is 0 Å². The second-order valence-corrected chi connectivity index (χ2v) is 7.26. The molecule has 1 N–H and O–H groups in total. The molecule has 0 aromatic rings. The summed E-state index contributed by atoms with van der Waals surface area (Å²) < 4.78 is 32.9. The summed E-state index contributed by atoms with van der Waals surface area (Å²) in [7, 11) is -0.890. The SMILES string of the molecule is COC(=O)C(C)(C)NS(=O)(=O)N(C)C1CCCCC1. The lowest BCUT2D eigenvalue weighted by molar-refractivity contribution is -0.146. The molecule has 0 radical (unpaired) electrons. The number of hydrogen-bond donors (Lipinski definition) is 1. The van der Waals surface area contributed by atoms with Gasteiger partial charge in [0.2, 0.25) is 0 Å². The van der Waals surface area contributed by atoms with Crippen LogP contribution in [0.25, 0.3) is 0 Å². The number of rotatable bonds is 5. The summed E-state index contributed by atoms with van der Waals surface area (Å²) in [5.41, 5.74) is -1.27. The molecule has 0 heterocycles. The van der Waals surface area contributed by atoms with Crippen molar-refractivity contribution in [2.24, 2.45) is 0 Å². The van der Waals surface area contributed by atoms with Gasteiger partial charge in [-0.2, -0.15) is 17.4 Å². The van der Waals surface area contributed by atoms with Crippen LogP contribution in [-0.4, -0.2) is 44.4 Å². The Balaban J connectivity index is 2.77. The van der Waals surface area contributed by atoms with Gasteiger partial charge in [-0.05, 0) is 26.7 Å². The van der Waals surface area contributed by atoms with Crippen LogP contribution in [0.2, 0.25) is 0 Å². The van der Waals surface area contributed by atoms with Crippen molar-refractivity contribution in [1.29, 1.82) is 0 Å². The molecule has 0 spiro atoms. The molecule has 6 nitrogen and oxygen atoms in total. The topological polar surface area (TPSA) is 75.7 Å². The van der Waals surface area contributed by atoms with Crippen LogP contribution in [-0.2, 0) is 19.7 Å². The molecule has 0 aromatic carbocycles. The molecular weight excluding hydrogens is 268 g/mol. The van der Waals surface area contributed by atoms with Crippen LogP contribution < -0.4 is 4.72 Å². The highest BCUT2D eigenvalue weighted by Gasteiger charge is 2.37. The third kappa shape index (κ3) is 4.15. The predicted octanol–water partition coefficient (Wildman–Crippen LogP) is 1.04. The van der Waals surface area contributed by atoms with Gasteiger partial charge in [-0.15, -0.1) is 0 Å². The zero-order valence-corrected chi connectivity index (χ0v) is 12.9. The van der Waals surface area contributed by atoms with Crippen LogP contribution >= 0.6 is 0 Å². The van der Waals surface area contributed by atoms with E-state index in [0.29, 0.717) is 0 Å².